The largest absolute Gasteiger partial charge is 0.393 e. The molecule has 414 valence electrons. The molecule has 20 heteroatoms. The Balaban J connectivity index is 1.62. The van der Waals surface area contributed by atoms with Gasteiger partial charge in [0.05, 0.1) is 88.1 Å². The molecule has 0 amide bonds. The number of rotatable bonds is 17. The van der Waals surface area contributed by atoms with Gasteiger partial charge in [-0.3, -0.25) is 0 Å². The lowest BCUT2D eigenvalue weighted by Crippen LogP contribution is -2.85. The maximum atomic E-state index is 12.8. The molecule has 0 aromatic heterocycles. The molecular formula is C50H94O20. The van der Waals surface area contributed by atoms with E-state index < -0.39 is 159 Å². The van der Waals surface area contributed by atoms with Crippen LogP contribution in [0.25, 0.3) is 0 Å². The van der Waals surface area contributed by atoms with Gasteiger partial charge in [-0.15, -0.1) is 0 Å². The van der Waals surface area contributed by atoms with E-state index in [0.717, 1.165) is 0 Å². The van der Waals surface area contributed by atoms with Gasteiger partial charge in [0.25, 0.3) is 0 Å². The molecule has 4 aliphatic rings. The van der Waals surface area contributed by atoms with Gasteiger partial charge in [0, 0.05) is 12.0 Å². The van der Waals surface area contributed by atoms with Gasteiger partial charge in [-0.25, -0.2) is 0 Å². The topological polar surface area (TPSA) is 328 Å². The molecule has 0 radical (unpaired) electrons. The molecule has 0 aromatic carbocycles. The van der Waals surface area contributed by atoms with Crippen LogP contribution >= 0.6 is 0 Å². The van der Waals surface area contributed by atoms with Crippen LogP contribution in [-0.2, 0) is 33.2 Å². The molecule has 19 atom stereocenters. The Morgan fingerprint density at radius 1 is 0.314 bits per heavy atom. The molecule has 0 bridgehead atoms. The predicted octanol–water partition coefficient (Wildman–Crippen LogP) is -0.395. The van der Waals surface area contributed by atoms with E-state index in [-0.39, 0.29) is 26.2 Å². The van der Waals surface area contributed by atoms with Crippen molar-refractivity contribution < 1.29 is 99.5 Å². The predicted molar refractivity (Wildman–Crippen MR) is 253 cm³/mol. The molecule has 4 saturated heterocycles. The highest BCUT2D eigenvalue weighted by Gasteiger charge is 2.77. The molecule has 4 aliphatic heterocycles. The summed E-state index contributed by atoms with van der Waals surface area (Å²) in [6.07, 6.45) is -0.111. The lowest BCUT2D eigenvalue weighted by atomic mass is 9.50. The van der Waals surface area contributed by atoms with Crippen molar-refractivity contribution >= 4 is 0 Å². The average Bonchev–Trinajstić information content (AvgIpc) is 3.24. The summed E-state index contributed by atoms with van der Waals surface area (Å²) in [5.74, 6) is 0. The zero-order chi connectivity index (χ0) is 54.9. The van der Waals surface area contributed by atoms with Crippen molar-refractivity contribution in [2.24, 2.45) is 16.2 Å². The number of ether oxygens (including phenoxy) is 7. The first kappa shape index (κ1) is 61.7. The summed E-state index contributed by atoms with van der Waals surface area (Å²) in [6, 6.07) is 0. The van der Waals surface area contributed by atoms with E-state index in [0.29, 0.717) is 0 Å². The third-order valence-corrected chi connectivity index (χ3v) is 21.6. The molecule has 4 heterocycles. The molecule has 4 rings (SSSR count). The molecule has 4 fully saturated rings. The summed E-state index contributed by atoms with van der Waals surface area (Å²) in [4.78, 5) is 0. The fourth-order valence-electron chi connectivity index (χ4n) is 12.3. The Hall–Kier alpha value is -0.800. The smallest absolute Gasteiger partial charge is 0.124 e. The lowest BCUT2D eigenvalue weighted by molar-refractivity contribution is -0.412. The van der Waals surface area contributed by atoms with Crippen molar-refractivity contribution in [3.8, 4) is 0 Å². The van der Waals surface area contributed by atoms with Crippen LogP contribution in [-0.4, -0.2) is 229 Å². The highest BCUT2D eigenvalue weighted by molar-refractivity contribution is 5.26. The summed E-state index contributed by atoms with van der Waals surface area (Å²) < 4.78 is 44.1. The van der Waals surface area contributed by atoms with Crippen molar-refractivity contribution in [1.29, 1.82) is 0 Å². The Morgan fingerprint density at radius 3 is 1.04 bits per heavy atom. The van der Waals surface area contributed by atoms with Crippen LogP contribution in [0, 0.1) is 16.2 Å². The van der Waals surface area contributed by atoms with Crippen LogP contribution in [0.15, 0.2) is 0 Å². The summed E-state index contributed by atoms with van der Waals surface area (Å²) in [5, 5.41) is 151. The minimum atomic E-state index is -2.23. The van der Waals surface area contributed by atoms with Crippen molar-refractivity contribution in [3.63, 3.8) is 0 Å². The Labute approximate surface area is 415 Å². The number of aliphatic hydroxyl groups excluding tert-OH is 4. The fraction of sp³-hybridized carbons (Fsp3) is 1.00. The van der Waals surface area contributed by atoms with Gasteiger partial charge < -0.3 is 99.5 Å². The summed E-state index contributed by atoms with van der Waals surface area (Å²) >= 11 is 0. The van der Waals surface area contributed by atoms with Crippen molar-refractivity contribution in [2.75, 3.05) is 72.7 Å². The van der Waals surface area contributed by atoms with Gasteiger partial charge in [-0.1, -0.05) is 20.8 Å². The molecule has 13 N–H and O–H groups in total. The molecule has 0 aliphatic carbocycles. The van der Waals surface area contributed by atoms with Crippen LogP contribution in [0.3, 0.4) is 0 Å². The summed E-state index contributed by atoms with van der Waals surface area (Å²) in [7, 11) is 0. The Bertz CT molecular complexity index is 1900. The summed E-state index contributed by atoms with van der Waals surface area (Å²) in [6.45, 7) is 22.3. The zero-order valence-corrected chi connectivity index (χ0v) is 45.7. The standard InChI is InChI=1S/C50H94O20/c1-32(20-21-64-29-41(10)49(18,62)50(19,63)47(16,60)39(8,25-54)70-41)44(13,57)38(7,24-53)69-40(9,45(32,14)58)30-66-27-34(3)37(6,23-52)68-42(11,48(17,61)46(34,15)59)31-65-26-33(2)36(5,22-51)67-28-35(4,55)43(33,12)56/h51-63H,20-31H2,1-19H3/t32-,33-,34-,35?,36?,37?,38?,39?,40-,41-,42-,43-,44+,45?,46-,47-,48?,49?,50-/m1/s1. The van der Waals surface area contributed by atoms with E-state index in [1.165, 1.54) is 104 Å². The Morgan fingerprint density at radius 2 is 0.629 bits per heavy atom. The van der Waals surface area contributed by atoms with E-state index in [4.69, 9.17) is 33.2 Å². The van der Waals surface area contributed by atoms with Crippen LogP contribution in [0.4, 0.5) is 0 Å². The highest BCUT2D eigenvalue weighted by Crippen LogP contribution is 2.62. The molecule has 0 spiro atoms. The third-order valence-electron chi connectivity index (χ3n) is 21.6. The van der Waals surface area contributed by atoms with E-state index in [1.54, 1.807) is 27.7 Å². The average molecular weight is 1020 g/mol. The highest BCUT2D eigenvalue weighted by atomic mass is 16.6. The van der Waals surface area contributed by atoms with Crippen molar-refractivity contribution in [1.82, 2.24) is 0 Å². The van der Waals surface area contributed by atoms with Gasteiger partial charge in [-0.05, 0) is 117 Å². The SMILES string of the molecule is CC1(O)[C@@](C)(COCC[C@@]2(C)C(C)(O)[C@@](C)(COC[C@]3(C)C(C)(CO)O[C@](C)(COC[C@]4(C)C(C)(CO)OCC(C)(O)[C@]4(C)O)C(C)(O)[C@]3(C)O)OC(C)(CO)[C@@]2(C)O)OC(C)(CO)[C@@](C)(O)[C@@]1(C)O. The second-order valence-corrected chi connectivity index (χ2v) is 25.5. The van der Waals surface area contributed by atoms with Crippen LogP contribution in [0.2, 0.25) is 0 Å². The molecular weight excluding hydrogens is 921 g/mol. The molecule has 0 aromatic rings. The van der Waals surface area contributed by atoms with E-state index >= 15 is 0 Å². The van der Waals surface area contributed by atoms with E-state index in [1.807, 2.05) is 0 Å². The normalized spacial score (nSPS) is 57.6. The number of hydrogen-bond donors (Lipinski definition) is 13. The van der Waals surface area contributed by atoms with Crippen LogP contribution in [0.1, 0.15) is 138 Å². The number of hydrogen-bond acceptors (Lipinski definition) is 20. The monoisotopic (exact) mass is 1010 g/mol. The van der Waals surface area contributed by atoms with Gasteiger partial charge >= 0.3 is 0 Å². The minimum Gasteiger partial charge on any atom is -0.393 e. The van der Waals surface area contributed by atoms with Crippen molar-refractivity contribution in [2.45, 2.75) is 228 Å². The number of aliphatic hydroxyl groups is 13. The quantitative estimate of drug-likeness (QED) is 0.0825. The second kappa shape index (κ2) is 17.6. The Kier molecular flexibility index (Phi) is 15.5. The van der Waals surface area contributed by atoms with Gasteiger partial charge in [-0.2, -0.15) is 0 Å². The first-order valence-corrected chi connectivity index (χ1v) is 24.4. The van der Waals surface area contributed by atoms with Crippen molar-refractivity contribution in [3.05, 3.63) is 0 Å². The van der Waals surface area contributed by atoms with E-state index in [2.05, 4.69) is 0 Å². The second-order valence-electron chi connectivity index (χ2n) is 25.5. The lowest BCUT2D eigenvalue weighted by Gasteiger charge is -2.69. The van der Waals surface area contributed by atoms with Crippen LogP contribution in [0.5, 0.6) is 0 Å². The molecule has 0 saturated carbocycles. The summed E-state index contributed by atoms with van der Waals surface area (Å²) in [5.41, 5.74) is -35.1. The third kappa shape index (κ3) is 7.65. The van der Waals surface area contributed by atoms with E-state index in [9.17, 15) is 66.4 Å². The van der Waals surface area contributed by atoms with Crippen LogP contribution < -0.4 is 0 Å². The zero-order valence-electron chi connectivity index (χ0n) is 45.7. The minimum absolute atomic E-state index is 0.111. The first-order chi connectivity index (χ1) is 30.9. The fourth-order valence-corrected chi connectivity index (χ4v) is 12.3. The molecule has 8 unspecified atom stereocenters. The van der Waals surface area contributed by atoms with Gasteiger partial charge in [0.1, 0.15) is 78.4 Å². The van der Waals surface area contributed by atoms with Gasteiger partial charge in [0.15, 0.2) is 0 Å². The maximum absolute atomic E-state index is 12.8. The first-order valence-electron chi connectivity index (χ1n) is 24.4. The van der Waals surface area contributed by atoms with Gasteiger partial charge in [0.2, 0.25) is 0 Å². The molecule has 70 heavy (non-hydrogen) atoms. The molecule has 20 nitrogen and oxygen atoms in total. The maximum Gasteiger partial charge on any atom is 0.124 e.